The lowest BCUT2D eigenvalue weighted by Crippen LogP contribution is -2.16. The van der Waals surface area contributed by atoms with E-state index in [9.17, 15) is 8.42 Å². The molecule has 0 saturated carbocycles. The van der Waals surface area contributed by atoms with E-state index in [0.29, 0.717) is 6.42 Å². The number of rotatable bonds is 9. The Bertz CT molecular complexity index is 369. The summed E-state index contributed by atoms with van der Waals surface area (Å²) >= 11 is 0. The second kappa shape index (κ2) is 9.15. The molecule has 0 amide bonds. The first-order valence-corrected chi connectivity index (χ1v) is 7.08. The van der Waals surface area contributed by atoms with Crippen molar-refractivity contribution in [2.45, 2.75) is 32.6 Å². The smallest absolute Gasteiger partial charge is 0.258 e. The molecule has 0 bridgehead atoms. The molecule has 17 heavy (non-hydrogen) atoms. The van der Waals surface area contributed by atoms with Gasteiger partial charge in [0.1, 0.15) is 0 Å². The summed E-state index contributed by atoms with van der Waals surface area (Å²) in [6, 6.07) is 0. The van der Waals surface area contributed by atoms with E-state index < -0.39 is 10.3 Å². The van der Waals surface area contributed by atoms with E-state index in [2.05, 4.69) is 10.8 Å². The third-order valence-corrected chi connectivity index (χ3v) is 2.62. The maximum Gasteiger partial charge on any atom is 0.333 e. The first-order valence-electron chi connectivity index (χ1n) is 5.61. The van der Waals surface area contributed by atoms with Crippen LogP contribution in [-0.4, -0.2) is 15.0 Å². The normalized spacial score (nSPS) is 13.2. The number of hydrogen-bond acceptors (Lipinski definition) is 3. The van der Waals surface area contributed by atoms with Crippen molar-refractivity contribution in [2.24, 2.45) is 5.14 Å². The van der Waals surface area contributed by atoms with Crippen LogP contribution in [0.4, 0.5) is 0 Å². The summed E-state index contributed by atoms with van der Waals surface area (Å²) in [7, 11) is -3.78. The van der Waals surface area contributed by atoms with Crippen molar-refractivity contribution in [3.63, 3.8) is 0 Å². The van der Waals surface area contributed by atoms with E-state index in [-0.39, 0.29) is 6.61 Å². The van der Waals surface area contributed by atoms with Crippen LogP contribution in [0.3, 0.4) is 0 Å². The lowest BCUT2D eigenvalue weighted by atomic mass is 10.1. The monoisotopic (exact) mass is 259 g/mol. The van der Waals surface area contributed by atoms with Crippen LogP contribution < -0.4 is 5.14 Å². The van der Waals surface area contributed by atoms with Gasteiger partial charge in [-0.3, -0.25) is 4.18 Å². The fourth-order valence-electron chi connectivity index (χ4n) is 1.26. The Morgan fingerprint density at radius 1 is 1.35 bits per heavy atom. The molecule has 0 aliphatic rings. The molecule has 0 aliphatic heterocycles. The molecule has 5 heteroatoms. The quantitative estimate of drug-likeness (QED) is 0.511. The SMILES string of the molecule is C=C/C(=C\C=C/C)CCCCCOS(N)(=O)=O. The number of unbranched alkanes of at least 4 members (excludes halogenated alkanes) is 2. The van der Waals surface area contributed by atoms with Crippen LogP contribution in [0.2, 0.25) is 0 Å². The van der Waals surface area contributed by atoms with Gasteiger partial charge in [-0.15, -0.1) is 0 Å². The Morgan fingerprint density at radius 3 is 2.59 bits per heavy atom. The minimum atomic E-state index is -3.78. The zero-order chi connectivity index (χ0) is 13.1. The highest BCUT2D eigenvalue weighted by atomic mass is 32.2. The maximum absolute atomic E-state index is 10.5. The Kier molecular flexibility index (Phi) is 8.66. The average Bonchev–Trinajstić information content (AvgIpc) is 2.25. The molecule has 2 N–H and O–H groups in total. The van der Waals surface area contributed by atoms with E-state index in [4.69, 9.17) is 5.14 Å². The van der Waals surface area contributed by atoms with Crippen molar-refractivity contribution < 1.29 is 12.6 Å². The highest BCUT2D eigenvalue weighted by Gasteiger charge is 2.00. The van der Waals surface area contributed by atoms with Gasteiger partial charge in [0.25, 0.3) is 0 Å². The van der Waals surface area contributed by atoms with Crippen LogP contribution in [0.15, 0.2) is 36.5 Å². The topological polar surface area (TPSA) is 69.4 Å². The van der Waals surface area contributed by atoms with Crippen molar-refractivity contribution in [3.8, 4) is 0 Å². The van der Waals surface area contributed by atoms with Gasteiger partial charge < -0.3 is 0 Å². The summed E-state index contributed by atoms with van der Waals surface area (Å²) in [5.41, 5.74) is 1.18. The van der Waals surface area contributed by atoms with Crippen LogP contribution in [0.25, 0.3) is 0 Å². The molecule has 0 spiro atoms. The summed E-state index contributed by atoms with van der Waals surface area (Å²) < 4.78 is 25.4. The van der Waals surface area contributed by atoms with E-state index in [0.717, 1.165) is 19.3 Å². The highest BCUT2D eigenvalue weighted by Crippen LogP contribution is 2.10. The van der Waals surface area contributed by atoms with Gasteiger partial charge >= 0.3 is 10.3 Å². The number of allylic oxidation sites excluding steroid dienone is 5. The summed E-state index contributed by atoms with van der Waals surface area (Å²) in [6.45, 7) is 5.85. The largest absolute Gasteiger partial charge is 0.333 e. The van der Waals surface area contributed by atoms with Crippen LogP contribution >= 0.6 is 0 Å². The molecule has 0 aromatic heterocycles. The zero-order valence-corrected chi connectivity index (χ0v) is 11.1. The summed E-state index contributed by atoms with van der Waals surface area (Å²) in [6.07, 6.45) is 11.3. The van der Waals surface area contributed by atoms with Crippen LogP contribution in [0.5, 0.6) is 0 Å². The highest BCUT2D eigenvalue weighted by molar-refractivity contribution is 7.84. The van der Waals surface area contributed by atoms with Crippen molar-refractivity contribution >= 4 is 10.3 Å². The van der Waals surface area contributed by atoms with Gasteiger partial charge in [-0.2, -0.15) is 8.42 Å². The Hall–Kier alpha value is -0.910. The van der Waals surface area contributed by atoms with Gasteiger partial charge in [0.2, 0.25) is 0 Å². The summed E-state index contributed by atoms with van der Waals surface area (Å²) in [4.78, 5) is 0. The van der Waals surface area contributed by atoms with E-state index in [1.807, 2.05) is 31.2 Å². The van der Waals surface area contributed by atoms with Gasteiger partial charge in [-0.25, -0.2) is 5.14 Å². The van der Waals surface area contributed by atoms with Crippen LogP contribution in [-0.2, 0) is 14.5 Å². The number of hydrogen-bond donors (Lipinski definition) is 1. The van der Waals surface area contributed by atoms with Crippen molar-refractivity contribution in [1.82, 2.24) is 0 Å². The van der Waals surface area contributed by atoms with Crippen LogP contribution in [0.1, 0.15) is 32.6 Å². The molecule has 98 valence electrons. The second-order valence-corrected chi connectivity index (χ2v) is 4.82. The molecule has 0 radical (unpaired) electrons. The van der Waals surface area contributed by atoms with Gasteiger partial charge in [0, 0.05) is 0 Å². The fraction of sp³-hybridized carbons (Fsp3) is 0.500. The molecule has 0 aromatic carbocycles. The van der Waals surface area contributed by atoms with Gasteiger partial charge in [-0.05, 0) is 31.8 Å². The minimum absolute atomic E-state index is 0.154. The lowest BCUT2D eigenvalue weighted by molar-refractivity contribution is 0.307. The Balaban J connectivity index is 3.67. The van der Waals surface area contributed by atoms with E-state index >= 15 is 0 Å². The summed E-state index contributed by atoms with van der Waals surface area (Å²) in [5, 5.41) is 4.69. The van der Waals surface area contributed by atoms with E-state index in [1.54, 1.807) is 0 Å². The van der Waals surface area contributed by atoms with Gasteiger partial charge in [-0.1, -0.05) is 37.3 Å². The van der Waals surface area contributed by atoms with Crippen molar-refractivity contribution in [1.29, 1.82) is 0 Å². The molecular formula is C12H21NO3S. The first kappa shape index (κ1) is 16.1. The predicted octanol–water partition coefficient (Wildman–Crippen LogP) is 2.46. The fourth-order valence-corrected chi connectivity index (χ4v) is 1.61. The molecule has 0 rings (SSSR count). The second-order valence-electron chi connectivity index (χ2n) is 3.60. The van der Waals surface area contributed by atoms with Gasteiger partial charge in [0.15, 0.2) is 0 Å². The molecule has 0 aliphatic carbocycles. The van der Waals surface area contributed by atoms with Crippen molar-refractivity contribution in [2.75, 3.05) is 6.61 Å². The molecule has 4 nitrogen and oxygen atoms in total. The van der Waals surface area contributed by atoms with Crippen molar-refractivity contribution in [3.05, 3.63) is 36.5 Å². The molecule has 0 heterocycles. The Morgan fingerprint density at radius 2 is 2.06 bits per heavy atom. The predicted molar refractivity (Wildman–Crippen MR) is 70.6 cm³/mol. The first-order chi connectivity index (χ1) is 7.99. The maximum atomic E-state index is 10.5. The third kappa shape index (κ3) is 11.4. The molecule has 0 atom stereocenters. The molecule has 0 saturated heterocycles. The standard InChI is InChI=1S/C12H21NO3S/c1-3-5-9-12(4-2)10-7-6-8-11-16-17(13,14)15/h3-5,9H,2,6-8,10-11H2,1H3,(H2,13,14,15)/b5-3-,12-9+. The molecule has 0 unspecified atom stereocenters. The zero-order valence-electron chi connectivity index (χ0n) is 10.3. The minimum Gasteiger partial charge on any atom is -0.258 e. The average molecular weight is 259 g/mol. The molecular weight excluding hydrogens is 238 g/mol. The summed E-state index contributed by atoms with van der Waals surface area (Å²) in [5.74, 6) is 0. The van der Waals surface area contributed by atoms with E-state index in [1.165, 1.54) is 5.57 Å². The Labute approximate surface area is 104 Å². The third-order valence-electron chi connectivity index (χ3n) is 2.12. The van der Waals surface area contributed by atoms with Crippen LogP contribution in [0, 0.1) is 0 Å². The molecule has 0 aromatic rings. The lowest BCUT2D eigenvalue weighted by Gasteiger charge is -2.02. The molecule has 0 fully saturated rings. The number of nitrogens with two attached hydrogens (primary N) is 1. The van der Waals surface area contributed by atoms with Gasteiger partial charge in [0.05, 0.1) is 6.61 Å².